The number of aryl methyl sites for hydroxylation is 1. The summed E-state index contributed by atoms with van der Waals surface area (Å²) in [5.41, 5.74) is 8.67. The average Bonchev–Trinajstić information content (AvgIpc) is 2.48. The van der Waals surface area contributed by atoms with Crippen molar-refractivity contribution in [3.63, 3.8) is 0 Å². The first-order valence-electron chi connectivity index (χ1n) is 6.82. The van der Waals surface area contributed by atoms with Gasteiger partial charge in [0.15, 0.2) is 0 Å². The number of nitrogens with zero attached hydrogens (tertiary/aromatic N) is 2. The maximum Gasteiger partial charge on any atom is 0.0539 e. The van der Waals surface area contributed by atoms with Crippen LogP contribution in [-0.4, -0.2) is 44.2 Å². The van der Waals surface area contributed by atoms with Crippen molar-refractivity contribution in [3.8, 4) is 0 Å². The Morgan fingerprint density at radius 2 is 1.94 bits per heavy atom. The Kier molecular flexibility index (Phi) is 4.25. The zero-order valence-corrected chi connectivity index (χ0v) is 11.8. The van der Waals surface area contributed by atoms with E-state index in [9.17, 15) is 0 Å². The monoisotopic (exact) mass is 247 g/mol. The Morgan fingerprint density at radius 3 is 2.61 bits per heavy atom. The quantitative estimate of drug-likeness (QED) is 0.863. The van der Waals surface area contributed by atoms with Crippen molar-refractivity contribution in [2.45, 2.75) is 19.9 Å². The molecule has 3 nitrogen and oxygen atoms in total. The predicted molar refractivity (Wildman–Crippen MR) is 78.0 cm³/mol. The highest BCUT2D eigenvalue weighted by Gasteiger charge is 2.26. The molecule has 2 unspecified atom stereocenters. The molecule has 100 valence electrons. The molecule has 2 atom stereocenters. The second-order valence-electron chi connectivity index (χ2n) is 5.65. The lowest BCUT2D eigenvalue weighted by Gasteiger charge is -2.33. The third-order valence-corrected chi connectivity index (χ3v) is 3.79. The summed E-state index contributed by atoms with van der Waals surface area (Å²) in [7, 11) is 2.19. The molecule has 1 aliphatic rings. The number of hydrogen-bond donors (Lipinski definition) is 1. The largest absolute Gasteiger partial charge is 0.365 e. The van der Waals surface area contributed by atoms with E-state index in [1.165, 1.54) is 11.3 Å². The Hall–Kier alpha value is -1.06. The maximum atomic E-state index is 5.99. The van der Waals surface area contributed by atoms with E-state index in [2.05, 4.69) is 55.0 Å². The SMILES string of the molecule is Cc1ccccc1N1CC(C)CN(C)CC1CN. The second kappa shape index (κ2) is 5.72. The van der Waals surface area contributed by atoms with Crippen LogP contribution in [0.25, 0.3) is 0 Å². The fraction of sp³-hybridized carbons (Fsp3) is 0.600. The molecule has 2 rings (SSSR count). The van der Waals surface area contributed by atoms with Crippen LogP contribution in [0.3, 0.4) is 0 Å². The van der Waals surface area contributed by atoms with Gasteiger partial charge in [0.25, 0.3) is 0 Å². The fourth-order valence-electron chi connectivity index (χ4n) is 2.99. The van der Waals surface area contributed by atoms with Gasteiger partial charge in [0.2, 0.25) is 0 Å². The van der Waals surface area contributed by atoms with Crippen molar-refractivity contribution >= 4 is 5.69 Å². The highest BCUT2D eigenvalue weighted by Crippen LogP contribution is 2.25. The lowest BCUT2D eigenvalue weighted by molar-refractivity contribution is 0.304. The van der Waals surface area contributed by atoms with Crippen LogP contribution in [0, 0.1) is 12.8 Å². The predicted octanol–water partition coefficient (Wildman–Crippen LogP) is 1.71. The van der Waals surface area contributed by atoms with Gasteiger partial charge in [0.1, 0.15) is 0 Å². The fourth-order valence-corrected chi connectivity index (χ4v) is 2.99. The zero-order chi connectivity index (χ0) is 13.1. The number of likely N-dealkylation sites (N-methyl/N-ethyl adjacent to an activating group) is 1. The molecule has 18 heavy (non-hydrogen) atoms. The number of rotatable bonds is 2. The van der Waals surface area contributed by atoms with E-state index in [0.29, 0.717) is 18.5 Å². The normalized spacial score (nSPS) is 26.1. The Morgan fingerprint density at radius 1 is 1.22 bits per heavy atom. The highest BCUT2D eigenvalue weighted by atomic mass is 15.2. The number of para-hydroxylation sites is 1. The van der Waals surface area contributed by atoms with E-state index in [1.54, 1.807) is 0 Å². The summed E-state index contributed by atoms with van der Waals surface area (Å²) < 4.78 is 0. The minimum Gasteiger partial charge on any atom is -0.365 e. The molecule has 0 radical (unpaired) electrons. The summed E-state index contributed by atoms with van der Waals surface area (Å²) in [6, 6.07) is 9.04. The lowest BCUT2D eigenvalue weighted by atomic mass is 10.1. The van der Waals surface area contributed by atoms with Crippen LogP contribution in [-0.2, 0) is 0 Å². The number of nitrogens with two attached hydrogens (primary N) is 1. The third-order valence-electron chi connectivity index (χ3n) is 3.79. The molecule has 0 spiro atoms. The van der Waals surface area contributed by atoms with Crippen molar-refractivity contribution in [2.24, 2.45) is 11.7 Å². The van der Waals surface area contributed by atoms with Crippen molar-refractivity contribution in [1.82, 2.24) is 4.90 Å². The van der Waals surface area contributed by atoms with E-state index >= 15 is 0 Å². The highest BCUT2D eigenvalue weighted by molar-refractivity contribution is 5.54. The molecule has 1 aromatic carbocycles. The van der Waals surface area contributed by atoms with Gasteiger partial charge < -0.3 is 15.5 Å². The van der Waals surface area contributed by atoms with Gasteiger partial charge in [-0.1, -0.05) is 25.1 Å². The first-order valence-corrected chi connectivity index (χ1v) is 6.82. The molecule has 3 heteroatoms. The van der Waals surface area contributed by atoms with Gasteiger partial charge >= 0.3 is 0 Å². The van der Waals surface area contributed by atoms with Crippen molar-refractivity contribution in [3.05, 3.63) is 29.8 Å². The minimum atomic E-state index is 0.418. The van der Waals surface area contributed by atoms with Crippen LogP contribution < -0.4 is 10.6 Å². The van der Waals surface area contributed by atoms with Gasteiger partial charge in [0.05, 0.1) is 6.04 Å². The molecule has 0 aliphatic carbocycles. The number of benzene rings is 1. The lowest BCUT2D eigenvalue weighted by Crippen LogP contribution is -2.45. The summed E-state index contributed by atoms with van der Waals surface area (Å²) in [4.78, 5) is 4.91. The van der Waals surface area contributed by atoms with Crippen molar-refractivity contribution in [1.29, 1.82) is 0 Å². The van der Waals surface area contributed by atoms with Crippen LogP contribution in [0.4, 0.5) is 5.69 Å². The van der Waals surface area contributed by atoms with Crippen LogP contribution in [0.2, 0.25) is 0 Å². The Bertz CT molecular complexity index is 391. The molecular formula is C15H25N3. The molecule has 1 heterocycles. The summed E-state index contributed by atoms with van der Waals surface area (Å²) in [5, 5.41) is 0. The summed E-state index contributed by atoms with van der Waals surface area (Å²) in [6.45, 7) is 8.51. The Balaban J connectivity index is 2.30. The molecule has 1 fully saturated rings. The molecular weight excluding hydrogens is 222 g/mol. The van der Waals surface area contributed by atoms with E-state index in [4.69, 9.17) is 5.73 Å². The van der Waals surface area contributed by atoms with Gasteiger partial charge in [-0.15, -0.1) is 0 Å². The summed E-state index contributed by atoms with van der Waals surface area (Å²) in [5.74, 6) is 0.672. The smallest absolute Gasteiger partial charge is 0.0539 e. The third kappa shape index (κ3) is 2.85. The molecule has 2 N–H and O–H groups in total. The molecule has 1 saturated heterocycles. The van der Waals surface area contributed by atoms with E-state index in [-0.39, 0.29) is 0 Å². The van der Waals surface area contributed by atoms with Gasteiger partial charge in [-0.3, -0.25) is 0 Å². The molecule has 0 amide bonds. The van der Waals surface area contributed by atoms with Crippen molar-refractivity contribution in [2.75, 3.05) is 38.1 Å². The standard InChI is InChI=1S/C15H25N3/c1-12-9-17(3)11-14(8-16)18(10-12)15-7-5-4-6-13(15)2/h4-7,12,14H,8-11,16H2,1-3H3. The average molecular weight is 247 g/mol. The van der Waals surface area contributed by atoms with E-state index in [0.717, 1.165) is 19.6 Å². The van der Waals surface area contributed by atoms with Gasteiger partial charge in [-0.2, -0.15) is 0 Å². The van der Waals surface area contributed by atoms with Crippen LogP contribution >= 0.6 is 0 Å². The van der Waals surface area contributed by atoms with E-state index < -0.39 is 0 Å². The topological polar surface area (TPSA) is 32.5 Å². The van der Waals surface area contributed by atoms with Gasteiger partial charge in [0, 0.05) is 31.9 Å². The van der Waals surface area contributed by atoms with Crippen molar-refractivity contribution < 1.29 is 0 Å². The first kappa shape index (κ1) is 13.4. The maximum absolute atomic E-state index is 5.99. The van der Waals surface area contributed by atoms with E-state index in [1.807, 2.05) is 0 Å². The number of hydrogen-bond acceptors (Lipinski definition) is 3. The number of anilines is 1. The van der Waals surface area contributed by atoms with Crippen LogP contribution in [0.1, 0.15) is 12.5 Å². The summed E-state index contributed by atoms with van der Waals surface area (Å²) >= 11 is 0. The Labute approximate surface area is 111 Å². The molecule has 0 saturated carbocycles. The molecule has 0 bridgehead atoms. The summed E-state index contributed by atoms with van der Waals surface area (Å²) in [6.07, 6.45) is 0. The van der Waals surface area contributed by atoms with Crippen LogP contribution in [0.15, 0.2) is 24.3 Å². The van der Waals surface area contributed by atoms with Gasteiger partial charge in [-0.05, 0) is 31.5 Å². The molecule has 1 aromatic rings. The first-order chi connectivity index (χ1) is 8.61. The second-order valence-corrected chi connectivity index (χ2v) is 5.65. The molecule has 1 aliphatic heterocycles. The zero-order valence-electron chi connectivity index (χ0n) is 11.8. The van der Waals surface area contributed by atoms with Gasteiger partial charge in [-0.25, -0.2) is 0 Å². The van der Waals surface area contributed by atoms with Crippen LogP contribution in [0.5, 0.6) is 0 Å². The molecule has 0 aromatic heterocycles. The minimum absolute atomic E-state index is 0.418.